The van der Waals surface area contributed by atoms with Gasteiger partial charge in [0.15, 0.2) is 0 Å². The molecule has 3 aromatic rings. The maximum absolute atomic E-state index is 13.6. The van der Waals surface area contributed by atoms with E-state index >= 15 is 0 Å². The summed E-state index contributed by atoms with van der Waals surface area (Å²) in [5.74, 6) is -3.35. The van der Waals surface area contributed by atoms with Crippen molar-refractivity contribution < 1.29 is 27.8 Å². The van der Waals surface area contributed by atoms with Crippen molar-refractivity contribution in [3.8, 4) is 0 Å². The van der Waals surface area contributed by atoms with Gasteiger partial charge in [-0.3, -0.25) is 24.1 Å². The zero-order valence-electron chi connectivity index (χ0n) is 18.5. The number of ether oxygens (including phenoxy) is 2. The number of benzene rings is 1. The topological polar surface area (TPSA) is 173 Å². The standard InChI is InChI=1S/C14H12F2N2O4.C7H8N2O4/c1-2-22-13(20)9-7-18(14(21)17-12(9)19)6-8-10(15)4-3-5-11(8)16;1-2-13-6(11)4-3-8-7(12)9-5(4)10/h3-5,7H,2,6H2,1H3,(H,17,19,21);3H,2H2,1H3,(H2,8,9,10,12). The van der Waals surface area contributed by atoms with Crippen LogP contribution in [0.1, 0.15) is 40.1 Å². The Morgan fingerprint density at radius 3 is 1.97 bits per heavy atom. The van der Waals surface area contributed by atoms with Gasteiger partial charge < -0.3 is 14.5 Å². The summed E-state index contributed by atoms with van der Waals surface area (Å²) in [6, 6.07) is 3.27. The molecule has 0 fully saturated rings. The van der Waals surface area contributed by atoms with Crippen molar-refractivity contribution in [1.82, 2.24) is 19.5 Å². The average molecular weight is 494 g/mol. The van der Waals surface area contributed by atoms with Crippen LogP contribution in [0.15, 0.2) is 49.8 Å². The molecule has 14 heteroatoms. The van der Waals surface area contributed by atoms with E-state index in [-0.39, 0.29) is 24.3 Å². The Morgan fingerprint density at radius 2 is 1.43 bits per heavy atom. The molecule has 0 atom stereocenters. The minimum absolute atomic E-state index is 0.0410. The predicted molar refractivity (Wildman–Crippen MR) is 116 cm³/mol. The third-order valence-corrected chi connectivity index (χ3v) is 4.21. The fourth-order valence-electron chi connectivity index (χ4n) is 2.61. The van der Waals surface area contributed by atoms with E-state index in [1.165, 1.54) is 6.07 Å². The molecule has 0 radical (unpaired) electrons. The van der Waals surface area contributed by atoms with E-state index in [4.69, 9.17) is 0 Å². The lowest BCUT2D eigenvalue weighted by molar-refractivity contribution is 0.0513. The van der Waals surface area contributed by atoms with E-state index in [0.717, 1.165) is 29.1 Å². The Hall–Kier alpha value is -4.62. The number of halogens is 2. The summed E-state index contributed by atoms with van der Waals surface area (Å²) in [5, 5.41) is 0. The van der Waals surface area contributed by atoms with Crippen LogP contribution < -0.4 is 22.5 Å². The molecular weight excluding hydrogens is 474 g/mol. The molecule has 0 bridgehead atoms. The second-order valence-electron chi connectivity index (χ2n) is 6.56. The molecule has 0 saturated heterocycles. The summed E-state index contributed by atoms with van der Waals surface area (Å²) >= 11 is 0. The van der Waals surface area contributed by atoms with Crippen LogP contribution in [-0.4, -0.2) is 44.7 Å². The SMILES string of the molecule is CCOC(=O)c1c[nH]c(=O)[nH]c1=O.CCOC(=O)c1cn(Cc2c(F)cccc2F)c(=O)[nH]c1=O. The van der Waals surface area contributed by atoms with Crippen LogP contribution in [0.25, 0.3) is 0 Å². The van der Waals surface area contributed by atoms with Gasteiger partial charge in [0.2, 0.25) is 0 Å². The first-order valence-electron chi connectivity index (χ1n) is 10.0. The van der Waals surface area contributed by atoms with Crippen LogP contribution in [0.3, 0.4) is 0 Å². The monoisotopic (exact) mass is 494 g/mol. The Kier molecular flexibility index (Phi) is 9.14. The molecule has 3 N–H and O–H groups in total. The minimum Gasteiger partial charge on any atom is -0.462 e. The first kappa shape index (κ1) is 26.6. The number of H-pyrrole nitrogens is 3. The highest BCUT2D eigenvalue weighted by atomic mass is 19.1. The minimum atomic E-state index is -0.925. The van der Waals surface area contributed by atoms with Crippen molar-refractivity contribution in [3.63, 3.8) is 0 Å². The van der Waals surface area contributed by atoms with Gasteiger partial charge in [0.1, 0.15) is 22.8 Å². The van der Waals surface area contributed by atoms with Crippen LogP contribution in [0.2, 0.25) is 0 Å². The molecule has 0 aliphatic carbocycles. The number of esters is 2. The van der Waals surface area contributed by atoms with Gasteiger partial charge in [-0.2, -0.15) is 0 Å². The van der Waals surface area contributed by atoms with Crippen molar-refractivity contribution in [2.24, 2.45) is 0 Å². The second kappa shape index (κ2) is 12.0. The van der Waals surface area contributed by atoms with Crippen molar-refractivity contribution in [2.75, 3.05) is 13.2 Å². The normalized spacial score (nSPS) is 10.2. The molecule has 1 aromatic carbocycles. The molecule has 0 saturated carbocycles. The number of aromatic amines is 3. The Morgan fingerprint density at radius 1 is 0.886 bits per heavy atom. The van der Waals surface area contributed by atoms with E-state index in [0.29, 0.717) is 0 Å². The van der Waals surface area contributed by atoms with E-state index in [2.05, 4.69) is 14.5 Å². The number of rotatable bonds is 6. The van der Waals surface area contributed by atoms with Crippen molar-refractivity contribution in [1.29, 1.82) is 0 Å². The summed E-state index contributed by atoms with van der Waals surface area (Å²) in [6.07, 6.45) is 1.95. The van der Waals surface area contributed by atoms with Crippen LogP contribution in [0.4, 0.5) is 8.78 Å². The molecule has 12 nitrogen and oxygen atoms in total. The number of nitrogens with zero attached hydrogens (tertiary/aromatic N) is 1. The molecule has 0 aliphatic rings. The zero-order chi connectivity index (χ0) is 26.1. The molecule has 0 aliphatic heterocycles. The molecule has 35 heavy (non-hydrogen) atoms. The maximum atomic E-state index is 13.6. The van der Waals surface area contributed by atoms with E-state index in [1.54, 1.807) is 13.8 Å². The third-order valence-electron chi connectivity index (χ3n) is 4.21. The Labute approximate surface area is 194 Å². The highest BCUT2D eigenvalue weighted by Crippen LogP contribution is 2.12. The molecule has 2 aromatic heterocycles. The number of nitrogens with one attached hydrogen (secondary N) is 3. The summed E-state index contributed by atoms with van der Waals surface area (Å²) in [7, 11) is 0. The summed E-state index contributed by atoms with van der Waals surface area (Å²) < 4.78 is 37.3. The Bertz CT molecular complexity index is 1430. The lowest BCUT2D eigenvalue weighted by Crippen LogP contribution is -2.34. The second-order valence-corrected chi connectivity index (χ2v) is 6.56. The van der Waals surface area contributed by atoms with Crippen LogP contribution in [0, 0.1) is 11.6 Å². The van der Waals surface area contributed by atoms with Gasteiger partial charge in [0.05, 0.1) is 19.8 Å². The molecular formula is C21H20F2N4O8. The van der Waals surface area contributed by atoms with Crippen molar-refractivity contribution >= 4 is 11.9 Å². The number of aromatic nitrogens is 4. The van der Waals surface area contributed by atoms with Crippen molar-refractivity contribution in [3.05, 3.63) is 101 Å². The fraction of sp³-hybridized carbons (Fsp3) is 0.238. The van der Waals surface area contributed by atoms with Crippen LogP contribution in [0.5, 0.6) is 0 Å². The molecule has 0 spiro atoms. The van der Waals surface area contributed by atoms with Gasteiger partial charge in [-0.15, -0.1) is 0 Å². The summed E-state index contributed by atoms with van der Waals surface area (Å²) in [5.41, 5.74) is -4.19. The molecule has 2 heterocycles. The smallest absolute Gasteiger partial charge is 0.345 e. The van der Waals surface area contributed by atoms with Gasteiger partial charge in [-0.1, -0.05) is 6.07 Å². The maximum Gasteiger partial charge on any atom is 0.345 e. The largest absolute Gasteiger partial charge is 0.462 e. The predicted octanol–water partition coefficient (Wildman–Crippen LogP) is 0.280. The lowest BCUT2D eigenvalue weighted by Gasteiger charge is -2.09. The first-order chi connectivity index (χ1) is 16.6. The van der Waals surface area contributed by atoms with Gasteiger partial charge >= 0.3 is 23.3 Å². The highest BCUT2D eigenvalue weighted by Gasteiger charge is 2.16. The molecule has 3 rings (SSSR count). The number of carbonyl (C=O) groups is 2. The van der Waals surface area contributed by atoms with Crippen LogP contribution >= 0.6 is 0 Å². The van der Waals surface area contributed by atoms with Crippen molar-refractivity contribution in [2.45, 2.75) is 20.4 Å². The van der Waals surface area contributed by atoms with Crippen LogP contribution in [-0.2, 0) is 16.0 Å². The molecule has 186 valence electrons. The Balaban J connectivity index is 0.000000283. The highest BCUT2D eigenvalue weighted by molar-refractivity contribution is 5.88. The summed E-state index contributed by atoms with van der Waals surface area (Å²) in [4.78, 5) is 73.4. The van der Waals surface area contributed by atoms with Gasteiger partial charge in [0, 0.05) is 18.0 Å². The fourth-order valence-corrected chi connectivity index (χ4v) is 2.61. The third kappa shape index (κ3) is 6.93. The van der Waals surface area contributed by atoms with E-state index in [1.807, 2.05) is 9.97 Å². The first-order valence-corrected chi connectivity index (χ1v) is 10.0. The van der Waals surface area contributed by atoms with Gasteiger partial charge in [-0.25, -0.2) is 28.0 Å². The summed E-state index contributed by atoms with van der Waals surface area (Å²) in [6.45, 7) is 2.92. The zero-order valence-corrected chi connectivity index (χ0v) is 18.5. The molecule has 0 unspecified atom stereocenters. The van der Waals surface area contributed by atoms with E-state index in [9.17, 15) is 37.5 Å². The number of carbonyl (C=O) groups excluding carboxylic acids is 2. The van der Waals surface area contributed by atoms with Gasteiger partial charge in [0.25, 0.3) is 11.1 Å². The quantitative estimate of drug-likeness (QED) is 0.410. The number of hydrogen-bond donors (Lipinski definition) is 3. The van der Waals surface area contributed by atoms with E-state index < -0.39 is 58.2 Å². The van der Waals surface area contributed by atoms with Gasteiger partial charge in [-0.05, 0) is 26.0 Å². The average Bonchev–Trinajstić information content (AvgIpc) is 2.78. The number of hydrogen-bond acceptors (Lipinski definition) is 8. The lowest BCUT2D eigenvalue weighted by atomic mass is 10.2. The molecule has 0 amide bonds.